The second-order valence-corrected chi connectivity index (χ2v) is 4.98. The number of nitrogens with zero attached hydrogens (tertiary/aromatic N) is 3. The summed E-state index contributed by atoms with van der Waals surface area (Å²) in [4.78, 5) is 11.1. The molecule has 4 heteroatoms. The van der Waals surface area contributed by atoms with Crippen LogP contribution in [0.4, 0.5) is 11.8 Å². The maximum absolute atomic E-state index is 4.58. The topological polar surface area (TPSA) is 41.1 Å². The third kappa shape index (κ3) is 3.70. The number of hydrogen-bond acceptors (Lipinski definition) is 4. The Morgan fingerprint density at radius 3 is 2.55 bits per heavy atom. The van der Waals surface area contributed by atoms with Gasteiger partial charge in [-0.1, -0.05) is 30.3 Å². The van der Waals surface area contributed by atoms with Gasteiger partial charge in [-0.15, -0.1) is 0 Å². The molecule has 1 heterocycles. The van der Waals surface area contributed by atoms with Crippen LogP contribution in [-0.2, 0) is 6.54 Å². The van der Waals surface area contributed by atoms with Gasteiger partial charge in [-0.25, -0.2) is 4.98 Å². The number of anilines is 2. The van der Waals surface area contributed by atoms with E-state index < -0.39 is 0 Å². The zero-order chi connectivity index (χ0) is 14.4. The van der Waals surface area contributed by atoms with Gasteiger partial charge in [0.05, 0.1) is 0 Å². The Morgan fingerprint density at radius 2 is 1.90 bits per heavy atom. The molecule has 2 aromatic rings. The highest BCUT2D eigenvalue weighted by Crippen LogP contribution is 2.18. The van der Waals surface area contributed by atoms with Crippen LogP contribution in [0.3, 0.4) is 0 Å². The van der Waals surface area contributed by atoms with Gasteiger partial charge in [0.2, 0.25) is 5.95 Å². The number of benzene rings is 1. The molecule has 1 N–H and O–H groups in total. The van der Waals surface area contributed by atoms with Gasteiger partial charge in [0.15, 0.2) is 0 Å². The first-order chi connectivity index (χ1) is 9.70. The molecule has 2 rings (SSSR count). The first-order valence-corrected chi connectivity index (χ1v) is 7.08. The van der Waals surface area contributed by atoms with E-state index in [0.29, 0.717) is 12.0 Å². The van der Waals surface area contributed by atoms with E-state index in [1.807, 2.05) is 19.1 Å². The summed E-state index contributed by atoms with van der Waals surface area (Å²) in [5.41, 5.74) is 1.28. The van der Waals surface area contributed by atoms with Crippen LogP contribution >= 0.6 is 0 Å². The standard InChI is InChI=1S/C16H22N4/c1-4-17-16-18-11-10-15(19-16)20(13(2)3)12-14-8-6-5-7-9-14/h5-11,13H,4,12H2,1-3H3,(H,17,18,19). The van der Waals surface area contributed by atoms with Gasteiger partial charge < -0.3 is 10.2 Å². The van der Waals surface area contributed by atoms with Crippen LogP contribution in [0.25, 0.3) is 0 Å². The third-order valence-corrected chi connectivity index (χ3v) is 3.09. The van der Waals surface area contributed by atoms with Crippen LogP contribution in [0, 0.1) is 0 Å². The van der Waals surface area contributed by atoms with Crippen LogP contribution in [0.5, 0.6) is 0 Å². The highest BCUT2D eigenvalue weighted by atomic mass is 15.2. The summed E-state index contributed by atoms with van der Waals surface area (Å²) in [6.45, 7) is 8.07. The van der Waals surface area contributed by atoms with Crippen molar-refractivity contribution in [2.24, 2.45) is 0 Å². The average molecular weight is 270 g/mol. The number of aromatic nitrogens is 2. The van der Waals surface area contributed by atoms with E-state index in [-0.39, 0.29) is 0 Å². The molecule has 0 amide bonds. The molecular weight excluding hydrogens is 248 g/mol. The lowest BCUT2D eigenvalue weighted by molar-refractivity contribution is 0.671. The Hall–Kier alpha value is -2.10. The summed E-state index contributed by atoms with van der Waals surface area (Å²) in [5, 5.41) is 3.16. The fourth-order valence-electron chi connectivity index (χ4n) is 2.06. The minimum Gasteiger partial charge on any atom is -0.354 e. The van der Waals surface area contributed by atoms with Crippen LogP contribution in [0.15, 0.2) is 42.6 Å². The fourth-order valence-corrected chi connectivity index (χ4v) is 2.06. The van der Waals surface area contributed by atoms with Crippen molar-refractivity contribution in [3.63, 3.8) is 0 Å². The predicted octanol–water partition coefficient (Wildman–Crippen LogP) is 3.32. The van der Waals surface area contributed by atoms with Crippen molar-refractivity contribution in [2.75, 3.05) is 16.8 Å². The van der Waals surface area contributed by atoms with Crippen molar-refractivity contribution in [1.29, 1.82) is 0 Å². The summed E-state index contributed by atoms with van der Waals surface area (Å²) in [6.07, 6.45) is 1.81. The third-order valence-electron chi connectivity index (χ3n) is 3.09. The van der Waals surface area contributed by atoms with Crippen molar-refractivity contribution in [1.82, 2.24) is 9.97 Å². The Morgan fingerprint density at radius 1 is 1.15 bits per heavy atom. The Balaban J connectivity index is 2.22. The normalized spacial score (nSPS) is 10.6. The van der Waals surface area contributed by atoms with Gasteiger partial charge in [-0.05, 0) is 32.4 Å². The Kier molecular flexibility index (Phi) is 4.93. The fraction of sp³-hybridized carbons (Fsp3) is 0.375. The minimum atomic E-state index is 0.375. The molecule has 0 unspecified atom stereocenters. The lowest BCUT2D eigenvalue weighted by Gasteiger charge is -2.28. The molecule has 0 fully saturated rings. The molecule has 0 saturated heterocycles. The molecule has 0 radical (unpaired) electrons. The van der Waals surface area contributed by atoms with E-state index >= 15 is 0 Å². The summed E-state index contributed by atoms with van der Waals surface area (Å²) < 4.78 is 0. The lowest BCUT2D eigenvalue weighted by Crippen LogP contribution is -2.31. The van der Waals surface area contributed by atoms with Gasteiger partial charge in [-0.2, -0.15) is 4.98 Å². The summed E-state index contributed by atoms with van der Waals surface area (Å²) in [5.74, 6) is 1.64. The molecule has 106 valence electrons. The molecular formula is C16H22N4. The molecule has 1 aromatic carbocycles. The SMILES string of the molecule is CCNc1nccc(N(Cc2ccccc2)C(C)C)n1. The molecule has 0 aliphatic heterocycles. The smallest absolute Gasteiger partial charge is 0.224 e. The van der Waals surface area contributed by atoms with Gasteiger partial charge in [0.25, 0.3) is 0 Å². The van der Waals surface area contributed by atoms with Gasteiger partial charge in [0, 0.05) is 25.3 Å². The summed E-state index contributed by atoms with van der Waals surface area (Å²) >= 11 is 0. The van der Waals surface area contributed by atoms with E-state index in [4.69, 9.17) is 0 Å². The minimum absolute atomic E-state index is 0.375. The zero-order valence-electron chi connectivity index (χ0n) is 12.4. The van der Waals surface area contributed by atoms with E-state index in [9.17, 15) is 0 Å². The highest BCUT2D eigenvalue weighted by molar-refractivity contribution is 5.44. The maximum Gasteiger partial charge on any atom is 0.224 e. The van der Waals surface area contributed by atoms with E-state index in [2.05, 4.69) is 58.3 Å². The molecule has 0 atom stereocenters. The average Bonchev–Trinajstić information content (AvgIpc) is 2.46. The number of nitrogens with one attached hydrogen (secondary N) is 1. The van der Waals surface area contributed by atoms with Crippen molar-refractivity contribution in [3.05, 3.63) is 48.2 Å². The second kappa shape index (κ2) is 6.89. The number of rotatable bonds is 6. The van der Waals surface area contributed by atoms with Crippen LogP contribution in [-0.4, -0.2) is 22.6 Å². The van der Waals surface area contributed by atoms with Crippen molar-refractivity contribution >= 4 is 11.8 Å². The first-order valence-electron chi connectivity index (χ1n) is 7.08. The van der Waals surface area contributed by atoms with Gasteiger partial charge >= 0.3 is 0 Å². The monoisotopic (exact) mass is 270 g/mol. The molecule has 0 bridgehead atoms. The molecule has 4 nitrogen and oxygen atoms in total. The second-order valence-electron chi connectivity index (χ2n) is 4.98. The summed E-state index contributed by atoms with van der Waals surface area (Å²) in [7, 11) is 0. The van der Waals surface area contributed by atoms with Crippen molar-refractivity contribution in [3.8, 4) is 0 Å². The number of hydrogen-bond donors (Lipinski definition) is 1. The van der Waals surface area contributed by atoms with Gasteiger partial charge in [-0.3, -0.25) is 0 Å². The molecule has 0 spiro atoms. The van der Waals surface area contributed by atoms with Gasteiger partial charge in [0.1, 0.15) is 5.82 Å². The Labute approximate surface area is 120 Å². The summed E-state index contributed by atoms with van der Waals surface area (Å²) in [6, 6.07) is 12.8. The van der Waals surface area contributed by atoms with Crippen molar-refractivity contribution in [2.45, 2.75) is 33.4 Å². The first kappa shape index (κ1) is 14.3. The van der Waals surface area contributed by atoms with Crippen LogP contribution in [0.1, 0.15) is 26.3 Å². The predicted molar refractivity (Wildman–Crippen MR) is 84.0 cm³/mol. The molecule has 20 heavy (non-hydrogen) atoms. The quantitative estimate of drug-likeness (QED) is 0.874. The maximum atomic E-state index is 4.58. The van der Waals surface area contributed by atoms with Crippen LogP contribution in [0.2, 0.25) is 0 Å². The lowest BCUT2D eigenvalue weighted by atomic mass is 10.2. The highest BCUT2D eigenvalue weighted by Gasteiger charge is 2.13. The Bertz CT molecular complexity index is 525. The molecule has 0 aliphatic carbocycles. The van der Waals surface area contributed by atoms with Crippen molar-refractivity contribution < 1.29 is 0 Å². The molecule has 0 saturated carbocycles. The molecule has 1 aromatic heterocycles. The largest absolute Gasteiger partial charge is 0.354 e. The molecule has 0 aliphatic rings. The van der Waals surface area contributed by atoms with E-state index in [0.717, 1.165) is 18.9 Å². The van der Waals surface area contributed by atoms with E-state index in [1.165, 1.54) is 5.56 Å². The zero-order valence-corrected chi connectivity index (χ0v) is 12.4. The van der Waals surface area contributed by atoms with Crippen LogP contribution < -0.4 is 10.2 Å². The van der Waals surface area contributed by atoms with E-state index in [1.54, 1.807) is 6.20 Å².